The minimum atomic E-state index is -3.46. The molecule has 0 aliphatic carbocycles. The van der Waals surface area contributed by atoms with Crippen molar-refractivity contribution in [2.45, 2.75) is 51.0 Å². The second kappa shape index (κ2) is 7.26. The topological polar surface area (TPSA) is 67.7 Å². The fourth-order valence-corrected chi connectivity index (χ4v) is 4.54. The van der Waals surface area contributed by atoms with E-state index in [-0.39, 0.29) is 17.1 Å². The van der Waals surface area contributed by atoms with Crippen LogP contribution in [-0.4, -0.2) is 66.6 Å². The van der Waals surface area contributed by atoms with Crippen LogP contribution >= 0.6 is 0 Å². The van der Waals surface area contributed by atoms with Gasteiger partial charge in [0, 0.05) is 33.7 Å². The quantitative estimate of drug-likeness (QED) is 0.793. The monoisotopic (exact) mass is 380 g/mol. The lowest BCUT2D eigenvalue weighted by Crippen LogP contribution is -2.45. The molecule has 0 amide bonds. The number of hydrogen-bond donors (Lipinski definition) is 0. The van der Waals surface area contributed by atoms with Crippen molar-refractivity contribution in [3.05, 3.63) is 24.0 Å². The van der Waals surface area contributed by atoms with E-state index in [0.717, 1.165) is 43.0 Å². The van der Waals surface area contributed by atoms with Crippen molar-refractivity contribution in [3.63, 3.8) is 0 Å². The van der Waals surface area contributed by atoms with Crippen LogP contribution in [0.2, 0.25) is 0 Å². The van der Waals surface area contributed by atoms with Crippen LogP contribution in [0, 0.1) is 0 Å². The van der Waals surface area contributed by atoms with Gasteiger partial charge in [0.25, 0.3) is 0 Å². The first-order valence-electron chi connectivity index (χ1n) is 9.02. The summed E-state index contributed by atoms with van der Waals surface area (Å²) >= 11 is 0. The van der Waals surface area contributed by atoms with E-state index >= 15 is 0 Å². The first-order valence-corrected chi connectivity index (χ1v) is 10.5. The molecule has 2 heterocycles. The maximum absolute atomic E-state index is 12.4. The number of benzene rings is 1. The Hall–Kier alpha value is -1.48. The van der Waals surface area contributed by atoms with Gasteiger partial charge >= 0.3 is 0 Å². The molecule has 7 nitrogen and oxygen atoms in total. The highest BCUT2D eigenvalue weighted by molar-refractivity contribution is 7.89. The molecule has 2 atom stereocenters. The number of fused-ring (bicyclic) bond motifs is 1. The van der Waals surface area contributed by atoms with E-state index in [2.05, 4.69) is 30.2 Å². The van der Waals surface area contributed by atoms with Crippen LogP contribution in [0.5, 0.6) is 0 Å². The van der Waals surface area contributed by atoms with E-state index in [1.54, 1.807) is 12.1 Å². The molecule has 1 saturated heterocycles. The Balaban J connectivity index is 1.96. The van der Waals surface area contributed by atoms with Crippen LogP contribution in [0.25, 0.3) is 11.0 Å². The number of imidazole rings is 1. The van der Waals surface area contributed by atoms with Gasteiger partial charge in [-0.05, 0) is 39.0 Å². The van der Waals surface area contributed by atoms with Gasteiger partial charge in [0.2, 0.25) is 10.0 Å². The van der Waals surface area contributed by atoms with Gasteiger partial charge < -0.3 is 9.30 Å². The Bertz CT molecular complexity index is 881. The summed E-state index contributed by atoms with van der Waals surface area (Å²) in [5, 5.41) is 0. The van der Waals surface area contributed by atoms with E-state index in [1.807, 2.05) is 6.07 Å². The zero-order valence-corrected chi connectivity index (χ0v) is 17.0. The van der Waals surface area contributed by atoms with Gasteiger partial charge in [-0.25, -0.2) is 17.7 Å². The summed E-state index contributed by atoms with van der Waals surface area (Å²) in [5.41, 5.74) is 1.69. The number of hydrogen-bond acceptors (Lipinski definition) is 5. The summed E-state index contributed by atoms with van der Waals surface area (Å²) in [6.07, 6.45) is 0.407. The first kappa shape index (κ1) is 19.3. The Kier molecular flexibility index (Phi) is 5.39. The highest BCUT2D eigenvalue weighted by Crippen LogP contribution is 2.23. The van der Waals surface area contributed by atoms with Crippen molar-refractivity contribution in [1.29, 1.82) is 0 Å². The average Bonchev–Trinajstić information content (AvgIpc) is 2.89. The number of aryl methyl sites for hydroxylation is 1. The summed E-state index contributed by atoms with van der Waals surface area (Å²) in [4.78, 5) is 7.38. The summed E-state index contributed by atoms with van der Waals surface area (Å²) in [6.45, 7) is 9.53. The van der Waals surface area contributed by atoms with Gasteiger partial charge in [0.05, 0.1) is 34.7 Å². The van der Waals surface area contributed by atoms with Gasteiger partial charge in [-0.2, -0.15) is 0 Å². The molecule has 1 fully saturated rings. The predicted molar refractivity (Wildman–Crippen MR) is 102 cm³/mol. The molecule has 1 aliphatic heterocycles. The van der Waals surface area contributed by atoms with Crippen LogP contribution in [-0.2, 0) is 27.8 Å². The van der Waals surface area contributed by atoms with Crippen LogP contribution < -0.4 is 0 Å². The van der Waals surface area contributed by atoms with Gasteiger partial charge in [0.15, 0.2) is 0 Å². The molecule has 1 aromatic carbocycles. The van der Waals surface area contributed by atoms with E-state index in [4.69, 9.17) is 9.72 Å². The van der Waals surface area contributed by atoms with E-state index < -0.39 is 10.0 Å². The molecule has 1 aromatic heterocycles. The van der Waals surface area contributed by atoms with Gasteiger partial charge in [0.1, 0.15) is 5.82 Å². The molecule has 0 N–H and O–H groups in total. The number of rotatable bonds is 5. The number of aromatic nitrogens is 2. The minimum absolute atomic E-state index is 0.204. The molecular formula is C18H28N4O3S. The third kappa shape index (κ3) is 3.64. The van der Waals surface area contributed by atoms with Crippen LogP contribution in [0.15, 0.2) is 23.1 Å². The Labute approximate surface area is 155 Å². The highest BCUT2D eigenvalue weighted by Gasteiger charge is 2.24. The van der Waals surface area contributed by atoms with Crippen molar-refractivity contribution < 1.29 is 13.2 Å². The molecule has 8 heteroatoms. The molecule has 0 spiro atoms. The number of ether oxygens (including phenoxy) is 1. The molecule has 144 valence electrons. The molecule has 1 aliphatic rings. The highest BCUT2D eigenvalue weighted by atomic mass is 32.2. The fourth-order valence-electron chi connectivity index (χ4n) is 3.62. The number of nitrogens with zero attached hydrogens (tertiary/aromatic N) is 4. The Morgan fingerprint density at radius 2 is 1.88 bits per heavy atom. The predicted octanol–water partition coefficient (Wildman–Crippen LogP) is 1.92. The lowest BCUT2D eigenvalue weighted by Gasteiger charge is -2.35. The molecule has 0 bridgehead atoms. The molecule has 2 aromatic rings. The van der Waals surface area contributed by atoms with Crippen molar-refractivity contribution in [2.75, 3.05) is 27.2 Å². The maximum Gasteiger partial charge on any atom is 0.242 e. The normalized spacial score (nSPS) is 22.4. The Morgan fingerprint density at radius 1 is 1.23 bits per heavy atom. The second-order valence-corrected chi connectivity index (χ2v) is 9.31. The third-order valence-electron chi connectivity index (χ3n) is 4.75. The van der Waals surface area contributed by atoms with Gasteiger partial charge in [-0.3, -0.25) is 4.90 Å². The first-order chi connectivity index (χ1) is 12.2. The lowest BCUT2D eigenvalue weighted by molar-refractivity contribution is -0.0712. The number of sulfonamides is 1. The smallest absolute Gasteiger partial charge is 0.242 e. The van der Waals surface area contributed by atoms with Crippen molar-refractivity contribution in [2.24, 2.45) is 0 Å². The summed E-state index contributed by atoms with van der Waals surface area (Å²) in [7, 11) is -0.387. The SMILES string of the molecule is CCn1c(CN2C[C@@H](C)O[C@@H](C)C2)nc2cc(S(=O)(=O)N(C)C)ccc21. The Morgan fingerprint density at radius 3 is 2.46 bits per heavy atom. The molecule has 26 heavy (non-hydrogen) atoms. The lowest BCUT2D eigenvalue weighted by atomic mass is 10.2. The molecule has 0 radical (unpaired) electrons. The largest absolute Gasteiger partial charge is 0.373 e. The van der Waals surface area contributed by atoms with Crippen molar-refractivity contribution >= 4 is 21.1 Å². The van der Waals surface area contributed by atoms with Gasteiger partial charge in [-0.1, -0.05) is 0 Å². The zero-order chi connectivity index (χ0) is 19.1. The second-order valence-electron chi connectivity index (χ2n) is 7.16. The molecular weight excluding hydrogens is 352 g/mol. The van der Waals surface area contributed by atoms with E-state index in [1.165, 1.54) is 18.4 Å². The summed E-state index contributed by atoms with van der Waals surface area (Å²) in [5.74, 6) is 0.961. The third-order valence-corrected chi connectivity index (χ3v) is 6.56. The van der Waals surface area contributed by atoms with Crippen LogP contribution in [0.4, 0.5) is 0 Å². The van der Waals surface area contributed by atoms with Crippen LogP contribution in [0.1, 0.15) is 26.6 Å². The fraction of sp³-hybridized carbons (Fsp3) is 0.611. The molecule has 3 rings (SSSR count). The molecule has 0 saturated carbocycles. The summed E-state index contributed by atoms with van der Waals surface area (Å²) < 4.78 is 34.0. The van der Waals surface area contributed by atoms with E-state index in [0.29, 0.717) is 0 Å². The van der Waals surface area contributed by atoms with E-state index in [9.17, 15) is 8.42 Å². The standard InChI is InChI=1S/C18H28N4O3S/c1-6-22-17-8-7-15(26(23,24)20(4)5)9-16(17)19-18(22)12-21-10-13(2)25-14(3)11-21/h7-9,13-14H,6,10-12H2,1-5H3/t13-,14+. The zero-order valence-electron chi connectivity index (χ0n) is 16.1. The minimum Gasteiger partial charge on any atom is -0.373 e. The van der Waals surface area contributed by atoms with Crippen LogP contribution in [0.3, 0.4) is 0 Å². The van der Waals surface area contributed by atoms with Crippen molar-refractivity contribution in [3.8, 4) is 0 Å². The summed E-state index contributed by atoms with van der Waals surface area (Å²) in [6, 6.07) is 5.19. The van der Waals surface area contributed by atoms with Gasteiger partial charge in [-0.15, -0.1) is 0 Å². The average molecular weight is 381 g/mol. The molecule has 0 unspecified atom stereocenters. The number of morpholine rings is 1. The van der Waals surface area contributed by atoms with Crippen molar-refractivity contribution in [1.82, 2.24) is 18.8 Å². The maximum atomic E-state index is 12.4.